The Bertz CT molecular complexity index is 845. The average Bonchev–Trinajstić information content (AvgIpc) is 3.01. The molecule has 0 atom stereocenters. The van der Waals surface area contributed by atoms with Crippen molar-refractivity contribution in [1.82, 2.24) is 14.6 Å². The van der Waals surface area contributed by atoms with Gasteiger partial charge in [0, 0.05) is 24.0 Å². The first kappa shape index (κ1) is 12.6. The zero-order valence-electron chi connectivity index (χ0n) is 11.9. The standard InChI is InChI=1S/C18H14N4/c1-2-8-16-15(7-1)11-14-21(16)22(17-9-3-5-12-19-17)18-10-4-6-13-20-18/h1-14H. The third-order valence-electron chi connectivity index (χ3n) is 3.53. The van der Waals surface area contributed by atoms with E-state index in [1.165, 1.54) is 5.39 Å². The first-order chi connectivity index (χ1) is 10.9. The van der Waals surface area contributed by atoms with Gasteiger partial charge in [0.2, 0.25) is 0 Å². The lowest BCUT2D eigenvalue weighted by molar-refractivity contribution is 0.819. The van der Waals surface area contributed by atoms with Crippen molar-refractivity contribution in [2.45, 2.75) is 0 Å². The van der Waals surface area contributed by atoms with Crippen molar-refractivity contribution in [3.63, 3.8) is 0 Å². The van der Waals surface area contributed by atoms with Crippen LogP contribution in [0.2, 0.25) is 0 Å². The Morgan fingerprint density at radius 2 is 1.32 bits per heavy atom. The van der Waals surface area contributed by atoms with Gasteiger partial charge in [0.15, 0.2) is 11.6 Å². The van der Waals surface area contributed by atoms with Gasteiger partial charge >= 0.3 is 0 Å². The molecule has 106 valence electrons. The van der Waals surface area contributed by atoms with Crippen molar-refractivity contribution in [2.75, 3.05) is 5.01 Å². The molecule has 3 heterocycles. The van der Waals surface area contributed by atoms with E-state index in [9.17, 15) is 0 Å². The molecule has 0 N–H and O–H groups in total. The highest BCUT2D eigenvalue weighted by Gasteiger charge is 2.15. The van der Waals surface area contributed by atoms with Crippen LogP contribution >= 0.6 is 0 Å². The van der Waals surface area contributed by atoms with E-state index in [0.717, 1.165) is 17.2 Å². The number of nitrogens with zero attached hydrogens (tertiary/aromatic N) is 4. The fourth-order valence-electron chi connectivity index (χ4n) is 2.54. The van der Waals surface area contributed by atoms with Crippen molar-refractivity contribution in [3.05, 3.63) is 85.3 Å². The van der Waals surface area contributed by atoms with E-state index >= 15 is 0 Å². The molecule has 0 unspecified atom stereocenters. The predicted molar refractivity (Wildman–Crippen MR) is 87.9 cm³/mol. The fraction of sp³-hybridized carbons (Fsp3) is 0. The lowest BCUT2D eigenvalue weighted by Crippen LogP contribution is -2.25. The molecule has 4 heteroatoms. The Labute approximate surface area is 128 Å². The topological polar surface area (TPSA) is 34.0 Å². The Hall–Kier alpha value is -3.14. The van der Waals surface area contributed by atoms with Crippen LogP contribution in [-0.2, 0) is 0 Å². The number of rotatable bonds is 3. The molecular formula is C18H14N4. The highest BCUT2D eigenvalue weighted by molar-refractivity contribution is 5.81. The molecule has 4 nitrogen and oxygen atoms in total. The molecular weight excluding hydrogens is 272 g/mol. The van der Waals surface area contributed by atoms with Gasteiger partial charge in [-0.05, 0) is 36.4 Å². The van der Waals surface area contributed by atoms with E-state index in [1.54, 1.807) is 12.4 Å². The lowest BCUT2D eigenvalue weighted by Gasteiger charge is -2.24. The van der Waals surface area contributed by atoms with E-state index in [2.05, 4.69) is 32.8 Å². The molecule has 0 aliphatic heterocycles. The molecule has 4 aromatic rings. The zero-order valence-corrected chi connectivity index (χ0v) is 11.9. The monoisotopic (exact) mass is 286 g/mol. The summed E-state index contributed by atoms with van der Waals surface area (Å²) in [6.45, 7) is 0. The minimum Gasteiger partial charge on any atom is -0.253 e. The summed E-state index contributed by atoms with van der Waals surface area (Å²) in [5.41, 5.74) is 1.11. The van der Waals surface area contributed by atoms with Crippen LogP contribution in [-0.4, -0.2) is 14.6 Å². The molecule has 0 bridgehead atoms. The predicted octanol–water partition coefficient (Wildman–Crippen LogP) is 4.03. The van der Waals surface area contributed by atoms with Crippen molar-refractivity contribution >= 4 is 22.5 Å². The molecule has 0 spiro atoms. The van der Waals surface area contributed by atoms with Gasteiger partial charge in [-0.25, -0.2) is 15.0 Å². The quantitative estimate of drug-likeness (QED) is 0.570. The van der Waals surface area contributed by atoms with E-state index < -0.39 is 0 Å². The van der Waals surface area contributed by atoms with Gasteiger partial charge in [-0.3, -0.25) is 4.68 Å². The molecule has 22 heavy (non-hydrogen) atoms. The summed E-state index contributed by atoms with van der Waals surface area (Å²) in [6.07, 6.45) is 5.61. The number of hydrogen-bond donors (Lipinski definition) is 0. The normalized spacial score (nSPS) is 10.7. The van der Waals surface area contributed by atoms with Gasteiger partial charge in [0.25, 0.3) is 0 Å². The third-order valence-corrected chi connectivity index (χ3v) is 3.53. The van der Waals surface area contributed by atoms with Crippen LogP contribution in [0.15, 0.2) is 85.3 Å². The minimum absolute atomic E-state index is 0.822. The van der Waals surface area contributed by atoms with E-state index in [-0.39, 0.29) is 0 Å². The van der Waals surface area contributed by atoms with Crippen LogP contribution in [0.5, 0.6) is 0 Å². The summed E-state index contributed by atoms with van der Waals surface area (Å²) in [7, 11) is 0. The van der Waals surface area contributed by atoms with Crippen LogP contribution in [0, 0.1) is 0 Å². The fourth-order valence-corrected chi connectivity index (χ4v) is 2.54. The van der Waals surface area contributed by atoms with Gasteiger partial charge in [0.1, 0.15) is 0 Å². The highest BCUT2D eigenvalue weighted by atomic mass is 15.6. The minimum atomic E-state index is 0.822. The largest absolute Gasteiger partial charge is 0.253 e. The Balaban J connectivity index is 1.95. The maximum absolute atomic E-state index is 4.48. The summed E-state index contributed by atoms with van der Waals surface area (Å²) >= 11 is 0. The second kappa shape index (κ2) is 5.33. The first-order valence-electron chi connectivity index (χ1n) is 7.12. The van der Waals surface area contributed by atoms with Crippen molar-refractivity contribution in [1.29, 1.82) is 0 Å². The number of para-hydroxylation sites is 1. The van der Waals surface area contributed by atoms with E-state index in [0.29, 0.717) is 0 Å². The van der Waals surface area contributed by atoms with Crippen molar-refractivity contribution in [2.24, 2.45) is 0 Å². The Morgan fingerprint density at radius 3 is 1.95 bits per heavy atom. The van der Waals surface area contributed by atoms with Crippen LogP contribution in [0.4, 0.5) is 11.6 Å². The summed E-state index contributed by atoms with van der Waals surface area (Å²) in [4.78, 5) is 8.97. The summed E-state index contributed by atoms with van der Waals surface area (Å²) in [5, 5.41) is 3.18. The van der Waals surface area contributed by atoms with Gasteiger partial charge in [-0.15, -0.1) is 0 Å². The molecule has 4 rings (SSSR count). The molecule has 0 aliphatic rings. The maximum Gasteiger partial charge on any atom is 0.154 e. The van der Waals surface area contributed by atoms with E-state index in [1.807, 2.05) is 59.7 Å². The van der Waals surface area contributed by atoms with Gasteiger partial charge in [-0.2, -0.15) is 0 Å². The zero-order chi connectivity index (χ0) is 14.8. The number of anilines is 2. The molecule has 0 saturated heterocycles. The number of benzene rings is 1. The second-order valence-corrected chi connectivity index (χ2v) is 4.91. The summed E-state index contributed by atoms with van der Waals surface area (Å²) in [5.74, 6) is 1.64. The van der Waals surface area contributed by atoms with Crippen molar-refractivity contribution < 1.29 is 0 Å². The molecule has 1 aromatic carbocycles. The third kappa shape index (κ3) is 2.11. The van der Waals surface area contributed by atoms with E-state index in [4.69, 9.17) is 0 Å². The summed E-state index contributed by atoms with van der Waals surface area (Å²) < 4.78 is 2.07. The highest BCUT2D eigenvalue weighted by Crippen LogP contribution is 2.26. The van der Waals surface area contributed by atoms with Gasteiger partial charge in [-0.1, -0.05) is 30.3 Å². The average molecular weight is 286 g/mol. The van der Waals surface area contributed by atoms with Crippen LogP contribution in [0.25, 0.3) is 10.9 Å². The van der Waals surface area contributed by atoms with Gasteiger partial charge < -0.3 is 0 Å². The smallest absolute Gasteiger partial charge is 0.154 e. The molecule has 0 radical (unpaired) electrons. The second-order valence-electron chi connectivity index (χ2n) is 4.91. The SMILES string of the molecule is c1ccc(N(c2ccccn2)n2ccc3ccccc32)nc1. The van der Waals surface area contributed by atoms with Crippen molar-refractivity contribution in [3.8, 4) is 0 Å². The van der Waals surface area contributed by atoms with Gasteiger partial charge in [0.05, 0.1) is 5.52 Å². The molecule has 0 amide bonds. The number of fused-ring (bicyclic) bond motifs is 1. The summed E-state index contributed by atoms with van der Waals surface area (Å²) in [6, 6.07) is 22.1. The van der Waals surface area contributed by atoms with Crippen LogP contribution in [0.3, 0.4) is 0 Å². The first-order valence-corrected chi connectivity index (χ1v) is 7.12. The Kier molecular flexibility index (Phi) is 3.05. The van der Waals surface area contributed by atoms with Crippen LogP contribution < -0.4 is 5.01 Å². The molecule has 0 fully saturated rings. The number of aromatic nitrogens is 3. The lowest BCUT2D eigenvalue weighted by atomic mass is 10.2. The maximum atomic E-state index is 4.48. The number of hydrogen-bond acceptors (Lipinski definition) is 3. The molecule has 3 aromatic heterocycles. The molecule has 0 aliphatic carbocycles. The number of pyridine rings is 2. The van der Waals surface area contributed by atoms with Crippen LogP contribution in [0.1, 0.15) is 0 Å². The molecule has 0 saturated carbocycles. The Morgan fingerprint density at radius 1 is 0.682 bits per heavy atom.